The summed E-state index contributed by atoms with van der Waals surface area (Å²) in [7, 11) is 4.58. The monoisotopic (exact) mass is 375 g/mol. The lowest BCUT2D eigenvalue weighted by Crippen LogP contribution is -2.39. The van der Waals surface area contributed by atoms with Crippen LogP contribution < -0.4 is 14.2 Å². The fourth-order valence-electron chi connectivity index (χ4n) is 4.44. The molecule has 0 radical (unpaired) electrons. The Balaban J connectivity index is 1.63. The van der Waals surface area contributed by atoms with Gasteiger partial charge in [-0.05, 0) is 17.7 Å². The van der Waals surface area contributed by atoms with Crippen molar-refractivity contribution in [1.29, 1.82) is 0 Å². The Morgan fingerprint density at radius 1 is 1.26 bits per heavy atom. The van der Waals surface area contributed by atoms with Crippen molar-refractivity contribution in [2.24, 2.45) is 11.8 Å². The van der Waals surface area contributed by atoms with E-state index in [0.717, 1.165) is 5.56 Å². The van der Waals surface area contributed by atoms with Gasteiger partial charge in [0.05, 0.1) is 39.9 Å². The molecule has 1 N–H and O–H groups in total. The molecule has 1 aromatic carbocycles. The summed E-state index contributed by atoms with van der Waals surface area (Å²) in [6.07, 6.45) is 3.07. The summed E-state index contributed by atoms with van der Waals surface area (Å²) in [6.45, 7) is 0.617. The summed E-state index contributed by atoms with van der Waals surface area (Å²) in [4.78, 5) is 26.3. The standard InChI is InChI=1S/C19H21NO7/c1-24-12-6-10(7-13(25-2)16(12)26-3)8-20-9-19-5-4-11(27-19)14(18(22)23)15(19)17(20)21/h4-7,11,14-15H,8-9H2,1-3H3,(H,22,23)/t11-,14-,15+,19+/m0/s1. The molecule has 27 heavy (non-hydrogen) atoms. The van der Waals surface area contributed by atoms with Crippen LogP contribution in [0.2, 0.25) is 0 Å². The van der Waals surface area contributed by atoms with Crippen molar-refractivity contribution in [2.45, 2.75) is 18.2 Å². The molecule has 0 aliphatic carbocycles. The molecule has 0 unspecified atom stereocenters. The van der Waals surface area contributed by atoms with E-state index < -0.39 is 29.5 Å². The maximum absolute atomic E-state index is 13.0. The van der Waals surface area contributed by atoms with Crippen LogP contribution in [0.4, 0.5) is 0 Å². The average Bonchev–Trinajstić information content (AvgIpc) is 3.29. The predicted molar refractivity (Wildman–Crippen MR) is 92.9 cm³/mol. The van der Waals surface area contributed by atoms with Gasteiger partial charge in [0.15, 0.2) is 11.5 Å². The molecule has 144 valence electrons. The summed E-state index contributed by atoms with van der Waals surface area (Å²) in [5, 5.41) is 9.54. The Kier molecular flexibility index (Phi) is 4.03. The van der Waals surface area contributed by atoms with Crippen molar-refractivity contribution < 1.29 is 33.6 Å². The first kappa shape index (κ1) is 17.7. The van der Waals surface area contributed by atoms with Gasteiger partial charge in [0.25, 0.3) is 0 Å². The largest absolute Gasteiger partial charge is 0.493 e. The van der Waals surface area contributed by atoms with E-state index in [0.29, 0.717) is 30.3 Å². The highest BCUT2D eigenvalue weighted by molar-refractivity contribution is 5.90. The van der Waals surface area contributed by atoms with Gasteiger partial charge in [-0.15, -0.1) is 0 Å². The Hall–Kier alpha value is -2.74. The van der Waals surface area contributed by atoms with Crippen LogP contribution in [0.15, 0.2) is 24.3 Å². The van der Waals surface area contributed by atoms with Crippen LogP contribution >= 0.6 is 0 Å². The van der Waals surface area contributed by atoms with Crippen molar-refractivity contribution in [3.05, 3.63) is 29.8 Å². The Labute approximate surface area is 156 Å². The molecular weight excluding hydrogens is 354 g/mol. The molecule has 3 aliphatic heterocycles. The van der Waals surface area contributed by atoms with Crippen LogP contribution in [0.1, 0.15) is 5.56 Å². The molecule has 1 aromatic rings. The number of carbonyl (C=O) groups excluding carboxylic acids is 1. The van der Waals surface area contributed by atoms with Gasteiger partial charge in [-0.3, -0.25) is 9.59 Å². The van der Waals surface area contributed by atoms with Gasteiger partial charge in [-0.2, -0.15) is 0 Å². The molecule has 1 spiro atoms. The van der Waals surface area contributed by atoms with Crippen molar-refractivity contribution >= 4 is 11.9 Å². The second-order valence-corrected chi connectivity index (χ2v) is 6.97. The number of rotatable bonds is 6. The third kappa shape index (κ3) is 2.47. The van der Waals surface area contributed by atoms with E-state index in [9.17, 15) is 14.7 Å². The molecule has 8 heteroatoms. The highest BCUT2D eigenvalue weighted by atomic mass is 16.5. The van der Waals surface area contributed by atoms with Crippen molar-refractivity contribution in [1.82, 2.24) is 4.90 Å². The minimum Gasteiger partial charge on any atom is -0.493 e. The lowest BCUT2D eigenvalue weighted by atomic mass is 9.77. The zero-order valence-corrected chi connectivity index (χ0v) is 15.3. The molecule has 2 fully saturated rings. The molecule has 4 atom stereocenters. The first-order valence-corrected chi connectivity index (χ1v) is 8.61. The molecule has 1 amide bonds. The van der Waals surface area contributed by atoms with Gasteiger partial charge in [-0.1, -0.05) is 12.2 Å². The van der Waals surface area contributed by atoms with E-state index in [2.05, 4.69) is 0 Å². The molecule has 3 heterocycles. The second-order valence-electron chi connectivity index (χ2n) is 6.97. The normalized spacial score (nSPS) is 30.6. The Morgan fingerprint density at radius 2 is 1.93 bits per heavy atom. The molecule has 8 nitrogen and oxygen atoms in total. The van der Waals surface area contributed by atoms with Gasteiger partial charge in [-0.25, -0.2) is 0 Å². The summed E-state index contributed by atoms with van der Waals surface area (Å²) < 4.78 is 21.9. The number of methoxy groups -OCH3 is 3. The number of amides is 1. The van der Waals surface area contributed by atoms with Crippen LogP contribution in [0.5, 0.6) is 17.2 Å². The number of carboxylic acids is 1. The van der Waals surface area contributed by atoms with E-state index in [1.807, 2.05) is 6.08 Å². The lowest BCUT2D eigenvalue weighted by molar-refractivity contribution is -0.148. The zero-order chi connectivity index (χ0) is 19.3. The fourth-order valence-corrected chi connectivity index (χ4v) is 4.44. The number of hydrogen-bond donors (Lipinski definition) is 1. The van der Waals surface area contributed by atoms with Crippen LogP contribution in [0, 0.1) is 11.8 Å². The fraction of sp³-hybridized carbons (Fsp3) is 0.474. The van der Waals surface area contributed by atoms with Crippen LogP contribution in [0.3, 0.4) is 0 Å². The summed E-state index contributed by atoms with van der Waals surface area (Å²) in [5.74, 6) is -1.26. The third-order valence-electron chi connectivity index (χ3n) is 5.56. The van der Waals surface area contributed by atoms with E-state index in [1.54, 1.807) is 23.1 Å². The maximum atomic E-state index is 13.0. The number of likely N-dealkylation sites (tertiary alicyclic amines) is 1. The highest BCUT2D eigenvalue weighted by Crippen LogP contribution is 2.52. The number of carbonyl (C=O) groups is 2. The van der Waals surface area contributed by atoms with Gasteiger partial charge < -0.3 is 29.0 Å². The van der Waals surface area contributed by atoms with Crippen molar-refractivity contribution in [2.75, 3.05) is 27.9 Å². The summed E-state index contributed by atoms with van der Waals surface area (Å²) in [6, 6.07) is 3.56. The molecule has 3 aliphatic rings. The number of hydrogen-bond acceptors (Lipinski definition) is 6. The average molecular weight is 375 g/mol. The van der Waals surface area contributed by atoms with Gasteiger partial charge >= 0.3 is 5.97 Å². The third-order valence-corrected chi connectivity index (χ3v) is 5.56. The number of benzene rings is 1. The van der Waals surface area contributed by atoms with Gasteiger partial charge in [0, 0.05) is 6.54 Å². The first-order valence-electron chi connectivity index (χ1n) is 8.61. The number of aliphatic carboxylic acids is 1. The predicted octanol–water partition coefficient (Wildman–Crippen LogP) is 1.08. The highest BCUT2D eigenvalue weighted by Gasteiger charge is 2.66. The quantitative estimate of drug-likeness (QED) is 0.744. The van der Waals surface area contributed by atoms with Crippen molar-refractivity contribution in [3.63, 3.8) is 0 Å². The molecule has 0 saturated carbocycles. The number of ether oxygens (including phenoxy) is 4. The van der Waals surface area contributed by atoms with Gasteiger partial charge in [0.1, 0.15) is 11.5 Å². The molecule has 2 bridgehead atoms. The molecule has 4 rings (SSSR count). The van der Waals surface area contributed by atoms with Crippen LogP contribution in [0.25, 0.3) is 0 Å². The van der Waals surface area contributed by atoms with E-state index in [-0.39, 0.29) is 5.91 Å². The van der Waals surface area contributed by atoms with Gasteiger partial charge in [0.2, 0.25) is 11.7 Å². The summed E-state index contributed by atoms with van der Waals surface area (Å²) >= 11 is 0. The molecule has 0 aromatic heterocycles. The minimum absolute atomic E-state index is 0.206. The lowest BCUT2D eigenvalue weighted by Gasteiger charge is -2.22. The number of fused-ring (bicyclic) bond motifs is 1. The first-order chi connectivity index (χ1) is 12.9. The van der Waals surface area contributed by atoms with Crippen molar-refractivity contribution in [3.8, 4) is 17.2 Å². The molecule has 2 saturated heterocycles. The summed E-state index contributed by atoms with van der Waals surface area (Å²) in [5.41, 5.74) is -0.0505. The number of nitrogens with zero attached hydrogens (tertiary/aromatic N) is 1. The Morgan fingerprint density at radius 3 is 2.48 bits per heavy atom. The maximum Gasteiger partial charge on any atom is 0.310 e. The number of carboxylic acid groups (broad SMARTS) is 1. The van der Waals surface area contributed by atoms with Crippen LogP contribution in [-0.4, -0.2) is 61.5 Å². The SMILES string of the molecule is COc1cc(CN2C[C@@]34C=C[C@H](O3)[C@H](C(=O)O)[C@@H]4C2=O)cc(OC)c1OC. The molecular formula is C19H21NO7. The van der Waals surface area contributed by atoms with E-state index in [4.69, 9.17) is 18.9 Å². The van der Waals surface area contributed by atoms with Crippen LogP contribution in [-0.2, 0) is 20.9 Å². The smallest absolute Gasteiger partial charge is 0.310 e. The minimum atomic E-state index is -1.00. The zero-order valence-electron chi connectivity index (χ0n) is 15.3. The van der Waals surface area contributed by atoms with E-state index >= 15 is 0 Å². The second kappa shape index (κ2) is 6.16. The Bertz CT molecular complexity index is 810. The topological polar surface area (TPSA) is 94.5 Å². The van der Waals surface area contributed by atoms with E-state index in [1.165, 1.54) is 21.3 Å².